The Bertz CT molecular complexity index is 362. The van der Waals surface area contributed by atoms with Crippen LogP contribution in [0.1, 0.15) is 12.8 Å². The number of unbranched alkanes of at least 4 members (excludes halogenated alkanes) is 1. The van der Waals surface area contributed by atoms with Crippen molar-refractivity contribution in [2.45, 2.75) is 12.8 Å². The fourth-order valence-corrected chi connectivity index (χ4v) is 2.65. The topological polar surface area (TPSA) is 83.7 Å². The molecule has 0 aromatic heterocycles. The van der Waals surface area contributed by atoms with Crippen molar-refractivity contribution < 1.29 is 13.2 Å². The first-order valence-corrected chi connectivity index (χ1v) is 8.36. The standard InChI is InChI=1S/C11H23N3O3S/c1-18(16,17)10-11(15)14-8-6-13(7-9-14)5-3-2-4-12/h2-10,12H2,1H3. The van der Waals surface area contributed by atoms with Crippen LogP contribution >= 0.6 is 0 Å². The molecule has 0 aliphatic carbocycles. The fourth-order valence-electron chi connectivity index (χ4n) is 2.02. The van der Waals surface area contributed by atoms with Crippen molar-refractivity contribution in [3.05, 3.63) is 0 Å². The molecule has 0 atom stereocenters. The molecule has 0 bridgehead atoms. The third kappa shape index (κ3) is 5.79. The van der Waals surface area contributed by atoms with Crippen molar-refractivity contribution in [2.75, 3.05) is 51.3 Å². The minimum absolute atomic E-state index is 0.279. The number of carbonyl (C=O) groups is 1. The average Bonchev–Trinajstić information content (AvgIpc) is 2.28. The number of nitrogens with two attached hydrogens (primary N) is 1. The molecular weight excluding hydrogens is 254 g/mol. The lowest BCUT2D eigenvalue weighted by Gasteiger charge is -2.34. The van der Waals surface area contributed by atoms with Crippen LogP contribution in [-0.4, -0.2) is 75.4 Å². The van der Waals surface area contributed by atoms with Crippen LogP contribution in [0.2, 0.25) is 0 Å². The number of hydrogen-bond acceptors (Lipinski definition) is 5. The molecule has 1 heterocycles. The van der Waals surface area contributed by atoms with Crippen LogP contribution in [0.15, 0.2) is 0 Å². The van der Waals surface area contributed by atoms with Gasteiger partial charge >= 0.3 is 0 Å². The van der Waals surface area contributed by atoms with Crippen molar-refractivity contribution in [1.82, 2.24) is 9.80 Å². The van der Waals surface area contributed by atoms with Gasteiger partial charge in [-0.05, 0) is 25.9 Å². The predicted octanol–water partition coefficient (Wildman–Crippen LogP) is -1.09. The molecule has 0 spiro atoms. The van der Waals surface area contributed by atoms with E-state index in [-0.39, 0.29) is 11.7 Å². The van der Waals surface area contributed by atoms with Crippen LogP contribution in [0.25, 0.3) is 0 Å². The van der Waals surface area contributed by atoms with Gasteiger partial charge in [0.1, 0.15) is 5.75 Å². The Balaban J connectivity index is 2.28. The second-order valence-electron chi connectivity index (χ2n) is 4.79. The number of rotatable bonds is 6. The highest BCUT2D eigenvalue weighted by Crippen LogP contribution is 2.04. The van der Waals surface area contributed by atoms with Crippen LogP contribution in [-0.2, 0) is 14.6 Å². The molecule has 1 amide bonds. The molecule has 106 valence electrons. The minimum Gasteiger partial charge on any atom is -0.339 e. The first-order valence-electron chi connectivity index (χ1n) is 6.30. The molecule has 1 aliphatic rings. The Labute approximate surface area is 109 Å². The fraction of sp³-hybridized carbons (Fsp3) is 0.909. The molecule has 1 fully saturated rings. The molecule has 6 nitrogen and oxygen atoms in total. The van der Waals surface area contributed by atoms with Gasteiger partial charge in [0.25, 0.3) is 0 Å². The van der Waals surface area contributed by atoms with E-state index in [1.54, 1.807) is 4.90 Å². The van der Waals surface area contributed by atoms with Crippen molar-refractivity contribution in [1.29, 1.82) is 0 Å². The SMILES string of the molecule is CS(=O)(=O)CC(=O)N1CCN(CCCCN)CC1. The highest BCUT2D eigenvalue weighted by atomic mass is 32.2. The van der Waals surface area contributed by atoms with Crippen molar-refractivity contribution in [3.8, 4) is 0 Å². The van der Waals surface area contributed by atoms with Crippen LogP contribution < -0.4 is 5.73 Å². The average molecular weight is 277 g/mol. The van der Waals surface area contributed by atoms with Gasteiger partial charge in [-0.3, -0.25) is 9.69 Å². The van der Waals surface area contributed by atoms with Crippen LogP contribution in [0, 0.1) is 0 Å². The molecule has 1 aliphatic heterocycles. The highest BCUT2D eigenvalue weighted by Gasteiger charge is 2.23. The predicted molar refractivity (Wildman–Crippen MR) is 71.0 cm³/mol. The summed E-state index contributed by atoms with van der Waals surface area (Å²) >= 11 is 0. The molecule has 0 aromatic carbocycles. The zero-order chi connectivity index (χ0) is 13.6. The van der Waals surface area contributed by atoms with E-state index >= 15 is 0 Å². The van der Waals surface area contributed by atoms with Crippen molar-refractivity contribution in [3.63, 3.8) is 0 Å². The summed E-state index contributed by atoms with van der Waals surface area (Å²) < 4.78 is 22.1. The van der Waals surface area contributed by atoms with Gasteiger partial charge in [0, 0.05) is 32.4 Å². The van der Waals surface area contributed by atoms with E-state index in [9.17, 15) is 13.2 Å². The van der Waals surface area contributed by atoms with Crippen LogP contribution in [0.5, 0.6) is 0 Å². The number of carbonyl (C=O) groups excluding carboxylic acids is 1. The number of hydrogen-bond donors (Lipinski definition) is 1. The third-order valence-electron chi connectivity index (χ3n) is 3.04. The number of piperazine rings is 1. The quantitative estimate of drug-likeness (QED) is 0.624. The molecule has 2 N–H and O–H groups in total. The highest BCUT2D eigenvalue weighted by molar-refractivity contribution is 7.91. The molecular formula is C11H23N3O3S. The van der Waals surface area contributed by atoms with Crippen molar-refractivity contribution >= 4 is 15.7 Å². The largest absolute Gasteiger partial charge is 0.339 e. The van der Waals surface area contributed by atoms with E-state index in [4.69, 9.17) is 5.73 Å². The Hall–Kier alpha value is -0.660. The van der Waals surface area contributed by atoms with E-state index in [2.05, 4.69) is 4.90 Å². The van der Waals surface area contributed by atoms with Gasteiger partial charge in [0.15, 0.2) is 9.84 Å². The van der Waals surface area contributed by atoms with Gasteiger partial charge in [0.2, 0.25) is 5.91 Å². The van der Waals surface area contributed by atoms with Crippen LogP contribution in [0.3, 0.4) is 0 Å². The molecule has 0 aromatic rings. The van der Waals surface area contributed by atoms with Gasteiger partial charge in [-0.2, -0.15) is 0 Å². The van der Waals surface area contributed by atoms with E-state index in [1.165, 1.54) is 0 Å². The smallest absolute Gasteiger partial charge is 0.237 e. The second kappa shape index (κ2) is 7.06. The molecule has 0 saturated carbocycles. The summed E-state index contributed by atoms with van der Waals surface area (Å²) in [5.41, 5.74) is 5.44. The normalized spacial score (nSPS) is 18.0. The number of amides is 1. The Morgan fingerprint density at radius 1 is 1.17 bits per heavy atom. The summed E-state index contributed by atoms with van der Waals surface area (Å²) in [6.45, 7) is 4.60. The zero-order valence-corrected chi connectivity index (χ0v) is 11.8. The van der Waals surface area contributed by atoms with E-state index in [0.717, 1.165) is 38.7 Å². The lowest BCUT2D eigenvalue weighted by Crippen LogP contribution is -2.50. The van der Waals surface area contributed by atoms with E-state index in [1.807, 2.05) is 0 Å². The van der Waals surface area contributed by atoms with Crippen molar-refractivity contribution in [2.24, 2.45) is 5.73 Å². The van der Waals surface area contributed by atoms with E-state index in [0.29, 0.717) is 19.6 Å². The minimum atomic E-state index is -3.22. The summed E-state index contributed by atoms with van der Waals surface area (Å²) in [5, 5.41) is 0. The van der Waals surface area contributed by atoms with E-state index < -0.39 is 9.84 Å². The van der Waals surface area contributed by atoms with Gasteiger partial charge in [-0.15, -0.1) is 0 Å². The van der Waals surface area contributed by atoms with Crippen LogP contribution in [0.4, 0.5) is 0 Å². The summed E-state index contributed by atoms with van der Waals surface area (Å²) in [7, 11) is -3.22. The summed E-state index contributed by atoms with van der Waals surface area (Å²) in [4.78, 5) is 15.6. The Morgan fingerprint density at radius 2 is 1.78 bits per heavy atom. The lowest BCUT2D eigenvalue weighted by atomic mass is 10.2. The number of nitrogens with zero attached hydrogens (tertiary/aromatic N) is 2. The monoisotopic (exact) mass is 277 g/mol. The molecule has 18 heavy (non-hydrogen) atoms. The lowest BCUT2D eigenvalue weighted by molar-refractivity contribution is -0.130. The van der Waals surface area contributed by atoms with Gasteiger partial charge in [-0.25, -0.2) is 8.42 Å². The molecule has 0 unspecified atom stereocenters. The summed E-state index contributed by atoms with van der Waals surface area (Å²) in [6.07, 6.45) is 3.19. The first kappa shape index (κ1) is 15.4. The Kier molecular flexibility index (Phi) is 6.04. The maximum Gasteiger partial charge on any atom is 0.237 e. The second-order valence-corrected chi connectivity index (χ2v) is 6.93. The summed E-state index contributed by atoms with van der Waals surface area (Å²) in [6, 6.07) is 0. The van der Waals surface area contributed by atoms with Gasteiger partial charge < -0.3 is 10.6 Å². The molecule has 1 rings (SSSR count). The first-order chi connectivity index (χ1) is 8.42. The molecule has 1 saturated heterocycles. The molecule has 0 radical (unpaired) electrons. The Morgan fingerprint density at radius 3 is 2.28 bits per heavy atom. The number of sulfone groups is 1. The molecule has 7 heteroatoms. The maximum atomic E-state index is 11.7. The maximum absolute atomic E-state index is 11.7. The summed E-state index contributed by atoms with van der Waals surface area (Å²) in [5.74, 6) is -0.653. The van der Waals surface area contributed by atoms with Gasteiger partial charge in [0.05, 0.1) is 0 Å². The zero-order valence-electron chi connectivity index (χ0n) is 11.0. The third-order valence-corrected chi connectivity index (χ3v) is 3.81. The van der Waals surface area contributed by atoms with Gasteiger partial charge in [-0.1, -0.05) is 0 Å².